The SMILES string of the molecule is Cc1ccc([C@@H](CN2CCOCC2)NC(=O)c2ccc(Br)c([N+](=O)[O-])c2)cc1. The van der Waals surface area contributed by atoms with Gasteiger partial charge in [0.05, 0.1) is 28.7 Å². The number of ether oxygens (including phenoxy) is 1. The topological polar surface area (TPSA) is 84.7 Å². The van der Waals surface area contributed by atoms with E-state index in [0.29, 0.717) is 24.2 Å². The van der Waals surface area contributed by atoms with Gasteiger partial charge < -0.3 is 10.1 Å². The Balaban J connectivity index is 1.81. The number of hydrogen-bond acceptors (Lipinski definition) is 5. The normalized spacial score (nSPS) is 15.8. The fourth-order valence-corrected chi connectivity index (χ4v) is 3.50. The van der Waals surface area contributed by atoms with E-state index < -0.39 is 4.92 Å². The molecule has 0 saturated carbocycles. The van der Waals surface area contributed by atoms with Crippen molar-refractivity contribution in [3.63, 3.8) is 0 Å². The van der Waals surface area contributed by atoms with Gasteiger partial charge in [-0.05, 0) is 40.5 Å². The lowest BCUT2D eigenvalue weighted by Gasteiger charge is -2.31. The van der Waals surface area contributed by atoms with Crippen LogP contribution in [0.4, 0.5) is 5.69 Å². The quantitative estimate of drug-likeness (QED) is 0.541. The Morgan fingerprint density at radius 1 is 1.25 bits per heavy atom. The molecule has 1 atom stereocenters. The minimum absolute atomic E-state index is 0.132. The molecule has 0 unspecified atom stereocenters. The van der Waals surface area contributed by atoms with Crippen LogP contribution in [0.5, 0.6) is 0 Å². The molecule has 0 radical (unpaired) electrons. The van der Waals surface area contributed by atoms with E-state index in [1.54, 1.807) is 6.07 Å². The number of halogens is 1. The molecule has 1 fully saturated rings. The Kier molecular flexibility index (Phi) is 6.77. The van der Waals surface area contributed by atoms with Gasteiger partial charge in [-0.2, -0.15) is 0 Å². The third kappa shape index (κ3) is 5.15. The highest BCUT2D eigenvalue weighted by atomic mass is 79.9. The number of morpholine rings is 1. The molecule has 28 heavy (non-hydrogen) atoms. The molecule has 8 heteroatoms. The lowest BCUT2D eigenvalue weighted by molar-refractivity contribution is -0.385. The number of amides is 1. The number of nitro benzene ring substituents is 1. The summed E-state index contributed by atoms with van der Waals surface area (Å²) < 4.78 is 5.75. The smallest absolute Gasteiger partial charge is 0.284 e. The van der Waals surface area contributed by atoms with Gasteiger partial charge in [-0.25, -0.2) is 0 Å². The number of carbonyl (C=O) groups excluding carboxylic acids is 1. The number of nitrogens with one attached hydrogen (secondary N) is 1. The number of nitro groups is 1. The largest absolute Gasteiger partial charge is 0.379 e. The summed E-state index contributed by atoms with van der Waals surface area (Å²) in [6.07, 6.45) is 0. The summed E-state index contributed by atoms with van der Waals surface area (Å²) in [5.74, 6) is -0.338. The van der Waals surface area contributed by atoms with Gasteiger partial charge in [-0.3, -0.25) is 19.8 Å². The van der Waals surface area contributed by atoms with Crippen molar-refractivity contribution >= 4 is 27.5 Å². The van der Waals surface area contributed by atoms with Crippen molar-refractivity contribution in [1.82, 2.24) is 10.2 Å². The van der Waals surface area contributed by atoms with Gasteiger partial charge >= 0.3 is 0 Å². The van der Waals surface area contributed by atoms with Crippen LogP contribution in [0.15, 0.2) is 46.9 Å². The zero-order chi connectivity index (χ0) is 20.1. The van der Waals surface area contributed by atoms with E-state index in [0.717, 1.165) is 24.2 Å². The second kappa shape index (κ2) is 9.27. The average molecular weight is 448 g/mol. The van der Waals surface area contributed by atoms with E-state index in [-0.39, 0.29) is 23.2 Å². The molecule has 1 saturated heterocycles. The molecule has 1 amide bonds. The van der Waals surface area contributed by atoms with Crippen LogP contribution in [0.2, 0.25) is 0 Å². The molecule has 0 aliphatic carbocycles. The molecule has 1 aliphatic rings. The van der Waals surface area contributed by atoms with E-state index in [2.05, 4.69) is 26.1 Å². The predicted octanol–water partition coefficient (Wildman–Crippen LogP) is 3.47. The zero-order valence-corrected chi connectivity index (χ0v) is 17.1. The third-order valence-corrected chi connectivity index (χ3v) is 5.41. The van der Waals surface area contributed by atoms with Crippen LogP contribution >= 0.6 is 15.9 Å². The molecule has 1 aliphatic heterocycles. The molecule has 3 rings (SSSR count). The van der Waals surface area contributed by atoms with Crippen molar-refractivity contribution < 1.29 is 14.5 Å². The Morgan fingerprint density at radius 3 is 2.57 bits per heavy atom. The Bertz CT molecular complexity index is 851. The number of nitrogens with zero attached hydrogens (tertiary/aromatic N) is 2. The summed E-state index contributed by atoms with van der Waals surface area (Å²) in [4.78, 5) is 25.7. The fourth-order valence-electron chi connectivity index (χ4n) is 3.11. The summed E-state index contributed by atoms with van der Waals surface area (Å²) in [7, 11) is 0. The number of carbonyl (C=O) groups is 1. The first-order valence-corrected chi connectivity index (χ1v) is 9.85. The van der Waals surface area contributed by atoms with Crippen LogP contribution in [0, 0.1) is 17.0 Å². The van der Waals surface area contributed by atoms with E-state index >= 15 is 0 Å². The maximum Gasteiger partial charge on any atom is 0.284 e. The first-order chi connectivity index (χ1) is 13.4. The molecule has 148 valence electrons. The van der Waals surface area contributed by atoms with Gasteiger partial charge in [0.25, 0.3) is 11.6 Å². The second-order valence-corrected chi connectivity index (χ2v) is 7.63. The van der Waals surface area contributed by atoms with Gasteiger partial charge in [-0.15, -0.1) is 0 Å². The standard InChI is InChI=1S/C20H22BrN3O4/c1-14-2-4-15(5-3-14)18(13-23-8-10-28-11-9-23)22-20(25)16-6-7-17(21)19(12-16)24(26)27/h2-7,12,18H,8-11,13H2,1H3,(H,22,25)/t18-/m1/s1. The summed E-state index contributed by atoms with van der Waals surface area (Å²) in [6, 6.07) is 12.2. The van der Waals surface area contributed by atoms with Crippen molar-refractivity contribution in [1.29, 1.82) is 0 Å². The van der Waals surface area contributed by atoms with Gasteiger partial charge in [0, 0.05) is 31.3 Å². The van der Waals surface area contributed by atoms with Crippen molar-refractivity contribution in [3.8, 4) is 0 Å². The average Bonchev–Trinajstić information content (AvgIpc) is 2.69. The molecule has 0 bridgehead atoms. The Morgan fingerprint density at radius 2 is 1.93 bits per heavy atom. The highest BCUT2D eigenvalue weighted by molar-refractivity contribution is 9.10. The molecule has 2 aromatic carbocycles. The van der Waals surface area contributed by atoms with Crippen LogP contribution in [0.1, 0.15) is 27.5 Å². The molecular formula is C20H22BrN3O4. The molecule has 1 heterocycles. The number of aryl methyl sites for hydroxylation is 1. The summed E-state index contributed by atoms with van der Waals surface area (Å²) >= 11 is 3.15. The molecule has 2 aromatic rings. The van der Waals surface area contributed by atoms with E-state index in [1.807, 2.05) is 31.2 Å². The summed E-state index contributed by atoms with van der Waals surface area (Å²) in [5.41, 5.74) is 2.27. The van der Waals surface area contributed by atoms with Gasteiger partial charge in [0.15, 0.2) is 0 Å². The van der Waals surface area contributed by atoms with E-state index in [1.165, 1.54) is 12.1 Å². The first-order valence-electron chi connectivity index (χ1n) is 9.05. The highest BCUT2D eigenvalue weighted by Crippen LogP contribution is 2.26. The number of rotatable bonds is 6. The summed E-state index contributed by atoms with van der Waals surface area (Å²) in [5, 5.41) is 14.2. The fraction of sp³-hybridized carbons (Fsp3) is 0.350. The molecular weight excluding hydrogens is 426 g/mol. The monoisotopic (exact) mass is 447 g/mol. The number of hydrogen-bond donors (Lipinski definition) is 1. The van der Waals surface area contributed by atoms with E-state index in [4.69, 9.17) is 4.74 Å². The Labute approximate surface area is 172 Å². The second-order valence-electron chi connectivity index (χ2n) is 6.77. The predicted molar refractivity (Wildman–Crippen MR) is 109 cm³/mol. The molecule has 0 spiro atoms. The van der Waals surface area contributed by atoms with Crippen molar-refractivity contribution in [2.24, 2.45) is 0 Å². The van der Waals surface area contributed by atoms with Gasteiger partial charge in [0.2, 0.25) is 0 Å². The molecule has 0 aromatic heterocycles. The lowest BCUT2D eigenvalue weighted by atomic mass is 10.0. The lowest BCUT2D eigenvalue weighted by Crippen LogP contribution is -2.43. The first kappa shape index (κ1) is 20.4. The maximum atomic E-state index is 12.8. The van der Waals surface area contributed by atoms with E-state index in [9.17, 15) is 14.9 Å². The maximum absolute atomic E-state index is 12.8. The van der Waals surface area contributed by atoms with Crippen LogP contribution in [-0.2, 0) is 4.74 Å². The minimum Gasteiger partial charge on any atom is -0.379 e. The zero-order valence-electron chi connectivity index (χ0n) is 15.6. The molecule has 7 nitrogen and oxygen atoms in total. The summed E-state index contributed by atoms with van der Waals surface area (Å²) in [6.45, 7) is 5.63. The van der Waals surface area contributed by atoms with Crippen LogP contribution in [0.3, 0.4) is 0 Å². The van der Waals surface area contributed by atoms with Crippen molar-refractivity contribution in [2.75, 3.05) is 32.8 Å². The highest BCUT2D eigenvalue weighted by Gasteiger charge is 2.22. The van der Waals surface area contributed by atoms with Crippen LogP contribution < -0.4 is 5.32 Å². The minimum atomic E-state index is -0.508. The number of benzene rings is 2. The van der Waals surface area contributed by atoms with Crippen LogP contribution in [0.25, 0.3) is 0 Å². The van der Waals surface area contributed by atoms with Gasteiger partial charge in [-0.1, -0.05) is 29.8 Å². The van der Waals surface area contributed by atoms with Crippen LogP contribution in [-0.4, -0.2) is 48.6 Å². The Hall–Kier alpha value is -2.29. The van der Waals surface area contributed by atoms with Crippen molar-refractivity contribution in [3.05, 3.63) is 73.7 Å². The van der Waals surface area contributed by atoms with Crippen molar-refractivity contribution in [2.45, 2.75) is 13.0 Å². The van der Waals surface area contributed by atoms with Gasteiger partial charge in [0.1, 0.15) is 0 Å². The molecule has 1 N–H and O–H groups in total. The third-order valence-electron chi connectivity index (χ3n) is 4.73.